The minimum atomic E-state index is -0.671. The van der Waals surface area contributed by atoms with Crippen molar-refractivity contribution in [2.75, 3.05) is 16.4 Å². The van der Waals surface area contributed by atoms with Gasteiger partial charge >= 0.3 is 0 Å². The highest BCUT2D eigenvalue weighted by atomic mass is 32.2. The lowest BCUT2D eigenvalue weighted by atomic mass is 9.97. The van der Waals surface area contributed by atoms with Crippen molar-refractivity contribution < 1.29 is 14.4 Å². The number of Topliss-reactive ketones (excluding diaryl/α,β-unsaturated/α-hetero) is 1. The Bertz CT molecular complexity index is 1140. The van der Waals surface area contributed by atoms with E-state index in [4.69, 9.17) is 0 Å². The predicted molar refractivity (Wildman–Crippen MR) is 128 cm³/mol. The molecule has 1 aliphatic rings. The Morgan fingerprint density at radius 1 is 0.844 bits per heavy atom. The number of aryl methyl sites for hydroxylation is 2. The molecule has 0 saturated heterocycles. The molecule has 0 fully saturated rings. The van der Waals surface area contributed by atoms with Crippen molar-refractivity contribution in [2.45, 2.75) is 24.7 Å². The summed E-state index contributed by atoms with van der Waals surface area (Å²) in [6.45, 7) is 1.49. The largest absolute Gasteiger partial charge is 0.326 e. The van der Waals surface area contributed by atoms with Crippen molar-refractivity contribution in [3.63, 3.8) is 0 Å². The van der Waals surface area contributed by atoms with E-state index in [0.717, 1.165) is 29.0 Å². The van der Waals surface area contributed by atoms with Crippen molar-refractivity contribution in [3.8, 4) is 0 Å². The number of carbonyl (C=O) groups is 3. The number of fused-ring (bicyclic) bond motifs is 1. The average molecular weight is 445 g/mol. The first kappa shape index (κ1) is 21.8. The summed E-state index contributed by atoms with van der Waals surface area (Å²) in [5, 5.41) is 5.65. The van der Waals surface area contributed by atoms with Gasteiger partial charge in [-0.25, -0.2) is 0 Å². The molecular weight excluding hydrogens is 420 g/mol. The molecule has 1 unspecified atom stereocenters. The van der Waals surface area contributed by atoms with Gasteiger partial charge in [0, 0.05) is 34.5 Å². The van der Waals surface area contributed by atoms with E-state index in [1.165, 1.54) is 12.5 Å². The molecule has 1 aliphatic heterocycles. The van der Waals surface area contributed by atoms with Crippen molar-refractivity contribution >= 4 is 40.7 Å². The third-order valence-electron chi connectivity index (χ3n) is 5.39. The second kappa shape index (κ2) is 9.83. The molecule has 0 aliphatic carbocycles. The highest BCUT2D eigenvalue weighted by molar-refractivity contribution is 7.99. The summed E-state index contributed by atoms with van der Waals surface area (Å²) in [7, 11) is 0. The Hall–Kier alpha value is -3.38. The SMILES string of the molecule is CC(=O)Nc1ccc(CCc2ccc(NC(=O)C3CSc4ccccc4C3=O)cc2)cc1. The zero-order valence-corrected chi connectivity index (χ0v) is 18.6. The van der Waals surface area contributed by atoms with Gasteiger partial charge in [-0.1, -0.05) is 42.5 Å². The lowest BCUT2D eigenvalue weighted by Gasteiger charge is -2.22. The fourth-order valence-corrected chi connectivity index (χ4v) is 4.81. The zero-order chi connectivity index (χ0) is 22.5. The maximum absolute atomic E-state index is 12.7. The molecule has 6 heteroatoms. The highest BCUT2D eigenvalue weighted by Gasteiger charge is 2.33. The quantitative estimate of drug-likeness (QED) is 0.526. The first-order valence-corrected chi connectivity index (χ1v) is 11.5. The van der Waals surface area contributed by atoms with Crippen LogP contribution in [0.3, 0.4) is 0 Å². The van der Waals surface area contributed by atoms with Crippen LogP contribution in [0.25, 0.3) is 0 Å². The fraction of sp³-hybridized carbons (Fsp3) is 0.192. The molecule has 3 aromatic rings. The number of benzene rings is 3. The number of nitrogens with one attached hydrogen (secondary N) is 2. The minimum absolute atomic E-state index is 0.0821. The molecule has 0 bridgehead atoms. The smallest absolute Gasteiger partial charge is 0.236 e. The van der Waals surface area contributed by atoms with Crippen molar-refractivity contribution in [3.05, 3.63) is 89.5 Å². The number of rotatable bonds is 6. The Morgan fingerprint density at radius 2 is 1.41 bits per heavy atom. The van der Waals surface area contributed by atoms with Crippen LogP contribution in [-0.2, 0) is 22.4 Å². The standard InChI is InChI=1S/C26H24N2O3S/c1-17(29)27-20-12-8-18(9-13-20)6-7-19-10-14-21(15-11-19)28-26(31)23-16-32-24-5-3-2-4-22(24)25(23)30/h2-5,8-15,23H,6-7,16H2,1H3,(H,27,29)(H,28,31). The monoisotopic (exact) mass is 444 g/mol. The summed E-state index contributed by atoms with van der Waals surface area (Å²) < 4.78 is 0. The molecule has 32 heavy (non-hydrogen) atoms. The van der Waals surface area contributed by atoms with Gasteiger partial charge in [0.15, 0.2) is 5.78 Å². The summed E-state index contributed by atoms with van der Waals surface area (Å²) in [6, 6.07) is 23.0. The van der Waals surface area contributed by atoms with Gasteiger partial charge in [0.05, 0.1) is 0 Å². The molecule has 2 amide bonds. The van der Waals surface area contributed by atoms with Gasteiger partial charge in [-0.2, -0.15) is 0 Å². The van der Waals surface area contributed by atoms with E-state index in [1.54, 1.807) is 17.8 Å². The van der Waals surface area contributed by atoms with E-state index in [0.29, 0.717) is 17.0 Å². The third-order valence-corrected chi connectivity index (χ3v) is 6.56. The van der Waals surface area contributed by atoms with Gasteiger partial charge < -0.3 is 10.6 Å². The Kier molecular flexibility index (Phi) is 6.71. The van der Waals surface area contributed by atoms with Gasteiger partial charge in [0.1, 0.15) is 5.92 Å². The van der Waals surface area contributed by atoms with Crippen LogP contribution in [0, 0.1) is 5.92 Å². The van der Waals surface area contributed by atoms with Crippen molar-refractivity contribution in [1.29, 1.82) is 0 Å². The molecule has 0 aromatic heterocycles. The molecule has 4 rings (SSSR count). The van der Waals surface area contributed by atoms with Crippen LogP contribution in [0.2, 0.25) is 0 Å². The van der Waals surface area contributed by atoms with E-state index < -0.39 is 5.92 Å². The lowest BCUT2D eigenvalue weighted by molar-refractivity contribution is -0.118. The summed E-state index contributed by atoms with van der Waals surface area (Å²) in [5.41, 5.74) is 4.45. The number of hydrogen-bond donors (Lipinski definition) is 2. The number of thioether (sulfide) groups is 1. The van der Waals surface area contributed by atoms with E-state index in [-0.39, 0.29) is 17.6 Å². The second-order valence-electron chi connectivity index (χ2n) is 7.79. The molecule has 5 nitrogen and oxygen atoms in total. The van der Waals surface area contributed by atoms with Gasteiger partial charge in [-0.3, -0.25) is 14.4 Å². The van der Waals surface area contributed by atoms with E-state index in [1.807, 2.05) is 66.7 Å². The van der Waals surface area contributed by atoms with E-state index >= 15 is 0 Å². The minimum Gasteiger partial charge on any atom is -0.326 e. The van der Waals surface area contributed by atoms with Gasteiger partial charge in [-0.05, 0) is 54.3 Å². The normalized spacial score (nSPS) is 15.0. The van der Waals surface area contributed by atoms with Crippen LogP contribution in [-0.4, -0.2) is 23.4 Å². The van der Waals surface area contributed by atoms with Crippen molar-refractivity contribution in [2.24, 2.45) is 5.92 Å². The molecular formula is C26H24N2O3S. The second-order valence-corrected chi connectivity index (χ2v) is 8.85. The van der Waals surface area contributed by atoms with Crippen LogP contribution < -0.4 is 10.6 Å². The van der Waals surface area contributed by atoms with Crippen LogP contribution in [0.1, 0.15) is 28.4 Å². The van der Waals surface area contributed by atoms with Crippen LogP contribution in [0.5, 0.6) is 0 Å². The van der Waals surface area contributed by atoms with Crippen LogP contribution in [0.15, 0.2) is 77.7 Å². The molecule has 0 saturated carbocycles. The molecule has 162 valence electrons. The van der Waals surface area contributed by atoms with Gasteiger partial charge in [0.2, 0.25) is 11.8 Å². The molecule has 0 spiro atoms. The Morgan fingerprint density at radius 3 is 2.00 bits per heavy atom. The van der Waals surface area contributed by atoms with E-state index in [9.17, 15) is 14.4 Å². The molecule has 2 N–H and O–H groups in total. The Balaban J connectivity index is 1.31. The van der Waals surface area contributed by atoms with Crippen LogP contribution >= 0.6 is 11.8 Å². The Labute approximate surface area is 191 Å². The lowest BCUT2D eigenvalue weighted by Crippen LogP contribution is -2.34. The summed E-state index contributed by atoms with van der Waals surface area (Å²) in [4.78, 5) is 37.5. The number of anilines is 2. The topological polar surface area (TPSA) is 75.3 Å². The van der Waals surface area contributed by atoms with Crippen LogP contribution in [0.4, 0.5) is 11.4 Å². The third kappa shape index (κ3) is 5.26. The number of amides is 2. The maximum atomic E-state index is 12.7. The average Bonchev–Trinajstić information content (AvgIpc) is 2.79. The number of carbonyl (C=O) groups excluding carboxylic acids is 3. The molecule has 3 aromatic carbocycles. The first-order chi connectivity index (χ1) is 15.5. The summed E-state index contributed by atoms with van der Waals surface area (Å²) >= 11 is 1.55. The fourth-order valence-electron chi connectivity index (χ4n) is 3.66. The van der Waals surface area contributed by atoms with E-state index in [2.05, 4.69) is 10.6 Å². The first-order valence-electron chi connectivity index (χ1n) is 10.5. The number of hydrogen-bond acceptors (Lipinski definition) is 4. The molecule has 1 heterocycles. The molecule has 1 atom stereocenters. The highest BCUT2D eigenvalue weighted by Crippen LogP contribution is 2.33. The van der Waals surface area contributed by atoms with Gasteiger partial charge in [-0.15, -0.1) is 11.8 Å². The molecule has 0 radical (unpaired) electrons. The number of ketones is 1. The maximum Gasteiger partial charge on any atom is 0.236 e. The summed E-state index contributed by atoms with van der Waals surface area (Å²) in [6.07, 6.45) is 1.74. The predicted octanol–water partition coefficient (Wildman–Crippen LogP) is 4.97. The van der Waals surface area contributed by atoms with Crippen molar-refractivity contribution in [1.82, 2.24) is 0 Å². The zero-order valence-electron chi connectivity index (χ0n) is 17.8. The summed E-state index contributed by atoms with van der Waals surface area (Å²) in [5.74, 6) is -0.668. The van der Waals surface area contributed by atoms with Gasteiger partial charge in [0.25, 0.3) is 0 Å².